The van der Waals surface area contributed by atoms with Crippen molar-refractivity contribution in [2.75, 3.05) is 0 Å². The predicted octanol–water partition coefficient (Wildman–Crippen LogP) is 2.51. The highest BCUT2D eigenvalue weighted by molar-refractivity contribution is 5.66. The first-order valence-corrected chi connectivity index (χ1v) is 4.36. The van der Waals surface area contributed by atoms with Crippen molar-refractivity contribution in [2.45, 2.75) is 19.3 Å². The summed E-state index contributed by atoms with van der Waals surface area (Å²) in [6.07, 6.45) is 0.144. The standard InChI is InChI=1S/C10H9F3O2/c11-7-5-4-6(9(12)10(7)13)2-1-3-8(14)15/h4-5H,1-3H2,(H,14,15). The van der Waals surface area contributed by atoms with Gasteiger partial charge in [-0.15, -0.1) is 0 Å². The average molecular weight is 218 g/mol. The Hall–Kier alpha value is -1.52. The maximum Gasteiger partial charge on any atom is 0.303 e. The Morgan fingerprint density at radius 3 is 2.47 bits per heavy atom. The lowest BCUT2D eigenvalue weighted by Crippen LogP contribution is -2.00. The smallest absolute Gasteiger partial charge is 0.303 e. The normalized spacial score (nSPS) is 10.3. The number of rotatable bonds is 4. The Bertz CT molecular complexity index is 377. The molecule has 0 aliphatic heterocycles. The molecule has 0 aliphatic carbocycles. The second-order valence-corrected chi connectivity index (χ2v) is 3.08. The van der Waals surface area contributed by atoms with E-state index in [1.165, 1.54) is 0 Å². The van der Waals surface area contributed by atoms with Gasteiger partial charge in [0.05, 0.1) is 0 Å². The van der Waals surface area contributed by atoms with Crippen LogP contribution in [0.5, 0.6) is 0 Å². The van der Waals surface area contributed by atoms with Crippen molar-refractivity contribution < 1.29 is 23.1 Å². The summed E-state index contributed by atoms with van der Waals surface area (Å²) in [5.74, 6) is -4.99. The Kier molecular flexibility index (Phi) is 3.71. The molecule has 15 heavy (non-hydrogen) atoms. The quantitative estimate of drug-likeness (QED) is 0.788. The van der Waals surface area contributed by atoms with Crippen LogP contribution in [0.3, 0.4) is 0 Å². The van der Waals surface area contributed by atoms with Crippen molar-refractivity contribution in [2.24, 2.45) is 0 Å². The van der Waals surface area contributed by atoms with Crippen molar-refractivity contribution in [1.29, 1.82) is 0 Å². The molecule has 0 radical (unpaired) electrons. The Labute approximate surface area is 84.3 Å². The third-order valence-corrected chi connectivity index (χ3v) is 1.95. The van der Waals surface area contributed by atoms with Gasteiger partial charge in [-0.1, -0.05) is 6.07 Å². The summed E-state index contributed by atoms with van der Waals surface area (Å²) < 4.78 is 38.2. The molecule has 0 heterocycles. The van der Waals surface area contributed by atoms with Crippen LogP contribution >= 0.6 is 0 Å². The number of carboxylic acid groups (broad SMARTS) is 1. The summed E-state index contributed by atoms with van der Waals surface area (Å²) in [6.45, 7) is 0. The fraction of sp³-hybridized carbons (Fsp3) is 0.300. The molecule has 1 aromatic rings. The van der Waals surface area contributed by atoms with Crippen LogP contribution in [0.25, 0.3) is 0 Å². The number of hydrogen-bond acceptors (Lipinski definition) is 1. The molecular weight excluding hydrogens is 209 g/mol. The summed E-state index contributed by atoms with van der Waals surface area (Å²) in [6, 6.07) is 1.95. The van der Waals surface area contributed by atoms with Gasteiger partial charge in [-0.05, 0) is 24.5 Å². The molecule has 0 fully saturated rings. The van der Waals surface area contributed by atoms with Crippen LogP contribution in [-0.2, 0) is 11.2 Å². The maximum atomic E-state index is 13.0. The molecule has 0 aliphatic rings. The number of aryl methyl sites for hydroxylation is 1. The third kappa shape index (κ3) is 2.97. The number of carbonyl (C=O) groups is 1. The summed E-state index contributed by atoms with van der Waals surface area (Å²) in [4.78, 5) is 10.2. The van der Waals surface area contributed by atoms with Gasteiger partial charge >= 0.3 is 5.97 Å². The molecule has 0 spiro atoms. The molecule has 0 atom stereocenters. The van der Waals surface area contributed by atoms with Crippen LogP contribution in [0.2, 0.25) is 0 Å². The number of carboxylic acids is 1. The van der Waals surface area contributed by atoms with Gasteiger partial charge < -0.3 is 5.11 Å². The van der Waals surface area contributed by atoms with Gasteiger partial charge in [-0.25, -0.2) is 13.2 Å². The zero-order valence-corrected chi connectivity index (χ0v) is 7.77. The van der Waals surface area contributed by atoms with Crippen LogP contribution in [0.15, 0.2) is 12.1 Å². The Morgan fingerprint density at radius 1 is 1.20 bits per heavy atom. The number of hydrogen-bond donors (Lipinski definition) is 1. The number of halogens is 3. The second-order valence-electron chi connectivity index (χ2n) is 3.08. The molecule has 2 nitrogen and oxygen atoms in total. The minimum atomic E-state index is -1.51. The molecule has 82 valence electrons. The van der Waals surface area contributed by atoms with Crippen molar-refractivity contribution >= 4 is 5.97 Å². The van der Waals surface area contributed by atoms with E-state index in [-0.39, 0.29) is 24.8 Å². The minimum absolute atomic E-state index is 0.00449. The first-order valence-electron chi connectivity index (χ1n) is 4.36. The molecular formula is C10H9F3O2. The van der Waals surface area contributed by atoms with Crippen LogP contribution < -0.4 is 0 Å². The monoisotopic (exact) mass is 218 g/mol. The van der Waals surface area contributed by atoms with E-state index in [1.54, 1.807) is 0 Å². The van der Waals surface area contributed by atoms with E-state index in [1.807, 2.05) is 0 Å². The molecule has 1 aromatic carbocycles. The van der Waals surface area contributed by atoms with Gasteiger partial charge in [0.25, 0.3) is 0 Å². The molecule has 0 saturated carbocycles. The van der Waals surface area contributed by atoms with E-state index in [0.717, 1.165) is 12.1 Å². The largest absolute Gasteiger partial charge is 0.481 e. The first-order chi connectivity index (χ1) is 7.02. The zero-order chi connectivity index (χ0) is 11.4. The van der Waals surface area contributed by atoms with Crippen molar-refractivity contribution in [1.82, 2.24) is 0 Å². The fourth-order valence-corrected chi connectivity index (χ4v) is 1.19. The fourth-order valence-electron chi connectivity index (χ4n) is 1.19. The van der Waals surface area contributed by atoms with Crippen LogP contribution in [0.4, 0.5) is 13.2 Å². The van der Waals surface area contributed by atoms with Gasteiger partial charge in [0.2, 0.25) is 0 Å². The molecule has 1 rings (SSSR count). The highest BCUT2D eigenvalue weighted by Crippen LogP contribution is 2.16. The molecule has 5 heteroatoms. The Morgan fingerprint density at radius 2 is 1.87 bits per heavy atom. The van der Waals surface area contributed by atoms with Crippen LogP contribution in [0.1, 0.15) is 18.4 Å². The lowest BCUT2D eigenvalue weighted by molar-refractivity contribution is -0.137. The highest BCUT2D eigenvalue weighted by atomic mass is 19.2. The maximum absolute atomic E-state index is 13.0. The van der Waals surface area contributed by atoms with E-state index in [9.17, 15) is 18.0 Å². The summed E-state index contributed by atoms with van der Waals surface area (Å²) in [5, 5.41) is 8.33. The SMILES string of the molecule is O=C(O)CCCc1ccc(F)c(F)c1F. The zero-order valence-electron chi connectivity index (χ0n) is 7.77. The van der Waals surface area contributed by atoms with Crippen molar-refractivity contribution in [3.8, 4) is 0 Å². The minimum Gasteiger partial charge on any atom is -0.481 e. The molecule has 0 saturated heterocycles. The van der Waals surface area contributed by atoms with E-state index in [4.69, 9.17) is 5.11 Å². The molecule has 0 aromatic heterocycles. The first kappa shape index (κ1) is 11.6. The Balaban J connectivity index is 2.70. The van der Waals surface area contributed by atoms with E-state index < -0.39 is 23.4 Å². The van der Waals surface area contributed by atoms with Crippen LogP contribution in [-0.4, -0.2) is 11.1 Å². The molecule has 1 N–H and O–H groups in total. The highest BCUT2D eigenvalue weighted by Gasteiger charge is 2.12. The van der Waals surface area contributed by atoms with Crippen molar-refractivity contribution in [3.63, 3.8) is 0 Å². The van der Waals surface area contributed by atoms with Gasteiger partial charge in [0, 0.05) is 6.42 Å². The molecule has 0 bridgehead atoms. The average Bonchev–Trinajstić information content (AvgIpc) is 2.18. The van der Waals surface area contributed by atoms with Gasteiger partial charge in [0.15, 0.2) is 17.5 Å². The van der Waals surface area contributed by atoms with E-state index in [2.05, 4.69) is 0 Å². The van der Waals surface area contributed by atoms with Crippen LogP contribution in [0, 0.1) is 17.5 Å². The molecule has 0 unspecified atom stereocenters. The van der Waals surface area contributed by atoms with Crippen molar-refractivity contribution in [3.05, 3.63) is 35.1 Å². The van der Waals surface area contributed by atoms with E-state index in [0.29, 0.717) is 0 Å². The summed E-state index contributed by atoms with van der Waals surface area (Å²) in [5.41, 5.74) is -0.00449. The number of aliphatic carboxylic acids is 1. The predicted molar refractivity (Wildman–Crippen MR) is 46.9 cm³/mol. The molecule has 0 amide bonds. The summed E-state index contributed by atoms with van der Waals surface area (Å²) >= 11 is 0. The van der Waals surface area contributed by atoms with Gasteiger partial charge in [0.1, 0.15) is 0 Å². The lowest BCUT2D eigenvalue weighted by atomic mass is 10.1. The number of benzene rings is 1. The topological polar surface area (TPSA) is 37.3 Å². The van der Waals surface area contributed by atoms with Gasteiger partial charge in [-0.3, -0.25) is 4.79 Å². The second kappa shape index (κ2) is 4.82. The van der Waals surface area contributed by atoms with E-state index >= 15 is 0 Å². The lowest BCUT2D eigenvalue weighted by Gasteiger charge is -2.03. The third-order valence-electron chi connectivity index (χ3n) is 1.95. The summed E-state index contributed by atoms with van der Waals surface area (Å²) in [7, 11) is 0. The van der Waals surface area contributed by atoms with Gasteiger partial charge in [-0.2, -0.15) is 0 Å².